The van der Waals surface area contributed by atoms with Gasteiger partial charge in [0.1, 0.15) is 0 Å². The van der Waals surface area contributed by atoms with Crippen LogP contribution >= 0.6 is 11.6 Å². The highest BCUT2D eigenvalue weighted by Gasteiger charge is 2.30. The second kappa shape index (κ2) is 7.16. The monoisotopic (exact) mass is 368 g/mol. The first-order valence-electron chi connectivity index (χ1n) is 9.05. The van der Waals surface area contributed by atoms with Gasteiger partial charge in [-0.1, -0.05) is 36.8 Å². The van der Waals surface area contributed by atoms with Gasteiger partial charge in [0.25, 0.3) is 5.91 Å². The van der Waals surface area contributed by atoms with Crippen molar-refractivity contribution in [3.63, 3.8) is 0 Å². The lowest BCUT2D eigenvalue weighted by atomic mass is 9.89. The fraction of sp³-hybridized carbons (Fsp3) is 0.400. The number of carbonyl (C=O) groups is 1. The summed E-state index contributed by atoms with van der Waals surface area (Å²) in [4.78, 5) is 27.5. The molecule has 0 aromatic carbocycles. The number of rotatable bonds is 6. The minimum atomic E-state index is -0.138. The third-order valence-electron chi connectivity index (χ3n) is 5.05. The van der Waals surface area contributed by atoms with Crippen LogP contribution in [-0.4, -0.2) is 39.6 Å². The van der Waals surface area contributed by atoms with Gasteiger partial charge in [-0.15, -0.1) is 0 Å². The molecule has 134 valence electrons. The van der Waals surface area contributed by atoms with E-state index in [9.17, 15) is 4.79 Å². The van der Waals surface area contributed by atoms with Crippen molar-refractivity contribution >= 4 is 23.2 Å². The Balaban J connectivity index is 1.47. The number of aromatic nitrogens is 2. The fourth-order valence-electron chi connectivity index (χ4n) is 3.37. The molecular weight excluding hydrogens is 348 g/mol. The third-order valence-corrected chi connectivity index (χ3v) is 5.32. The van der Waals surface area contributed by atoms with Crippen molar-refractivity contribution in [1.29, 1.82) is 0 Å². The number of fused-ring (bicyclic) bond motifs is 1. The maximum absolute atomic E-state index is 12.9. The van der Waals surface area contributed by atoms with Crippen molar-refractivity contribution in [3.8, 4) is 0 Å². The molecule has 0 saturated heterocycles. The van der Waals surface area contributed by atoms with Crippen LogP contribution in [0.5, 0.6) is 0 Å². The summed E-state index contributed by atoms with van der Waals surface area (Å²) in [7, 11) is 0. The first kappa shape index (κ1) is 17.2. The lowest BCUT2D eigenvalue weighted by molar-refractivity contribution is 0.0743. The Morgan fingerprint density at radius 3 is 2.88 bits per heavy atom. The van der Waals surface area contributed by atoms with Crippen LogP contribution in [0.3, 0.4) is 0 Å². The number of hydrogen-bond acceptors (Lipinski definition) is 4. The Hall–Kier alpha value is -2.27. The Bertz CT molecular complexity index is 851. The van der Waals surface area contributed by atoms with E-state index in [1.54, 1.807) is 0 Å². The van der Waals surface area contributed by atoms with Gasteiger partial charge in [0.2, 0.25) is 0 Å². The fourth-order valence-corrected chi connectivity index (χ4v) is 3.56. The Morgan fingerprint density at radius 1 is 1.31 bits per heavy atom. The van der Waals surface area contributed by atoms with Gasteiger partial charge in [0.15, 0.2) is 10.8 Å². The molecule has 0 spiro atoms. The first-order valence-corrected chi connectivity index (χ1v) is 9.43. The second-order valence-electron chi connectivity index (χ2n) is 7.06. The highest BCUT2D eigenvalue weighted by Crippen LogP contribution is 2.32. The van der Waals surface area contributed by atoms with E-state index in [1.165, 1.54) is 36.4 Å². The van der Waals surface area contributed by atoms with Crippen molar-refractivity contribution in [1.82, 2.24) is 14.9 Å². The Labute approximate surface area is 158 Å². The van der Waals surface area contributed by atoms with Crippen LogP contribution in [0.2, 0.25) is 5.15 Å². The predicted molar refractivity (Wildman–Crippen MR) is 102 cm³/mol. The zero-order valence-corrected chi connectivity index (χ0v) is 15.5. The number of nitrogens with zero attached hydrogens (tertiary/aromatic N) is 4. The Morgan fingerprint density at radius 2 is 2.12 bits per heavy atom. The van der Waals surface area contributed by atoms with Crippen LogP contribution in [0.15, 0.2) is 53.0 Å². The van der Waals surface area contributed by atoms with Gasteiger partial charge in [-0.2, -0.15) is 0 Å². The zero-order valence-electron chi connectivity index (χ0n) is 14.7. The number of carbonyl (C=O) groups excluding carboxylic acids is 1. The molecule has 2 heterocycles. The molecule has 1 unspecified atom stereocenters. The molecule has 1 aromatic rings. The van der Waals surface area contributed by atoms with Gasteiger partial charge in [0.05, 0.1) is 5.71 Å². The van der Waals surface area contributed by atoms with E-state index in [-0.39, 0.29) is 16.8 Å². The standard InChI is InChI=1S/C20H21ClN4O/c1-13-3-2-4-16-15(11-24-17(13)16)7-10-25(12-14-5-6-14)20(26)18-19(21)23-9-8-22-18/h2-4,8-9,11,13-14H,5-7,10,12H2,1H3. The zero-order chi connectivity index (χ0) is 18.1. The number of allylic oxidation sites excluding steroid dienone is 4. The topological polar surface area (TPSA) is 58.5 Å². The molecule has 0 bridgehead atoms. The van der Waals surface area contributed by atoms with Crippen molar-refractivity contribution in [3.05, 3.63) is 58.8 Å². The average Bonchev–Trinajstić information content (AvgIpc) is 3.36. The van der Waals surface area contributed by atoms with Crippen molar-refractivity contribution in [2.75, 3.05) is 13.1 Å². The van der Waals surface area contributed by atoms with Crippen LogP contribution in [0.25, 0.3) is 0 Å². The highest BCUT2D eigenvalue weighted by molar-refractivity contribution is 6.32. The van der Waals surface area contributed by atoms with Gasteiger partial charge in [-0.05, 0) is 30.8 Å². The van der Waals surface area contributed by atoms with Crippen molar-refractivity contribution in [2.45, 2.75) is 26.2 Å². The minimum absolute atomic E-state index is 0.138. The van der Waals surface area contributed by atoms with E-state index in [0.29, 0.717) is 18.4 Å². The quantitative estimate of drug-likeness (QED) is 0.766. The summed E-state index contributed by atoms with van der Waals surface area (Å²) in [5, 5.41) is 0.165. The molecule has 3 aliphatic rings. The van der Waals surface area contributed by atoms with Gasteiger partial charge in [0, 0.05) is 43.2 Å². The summed E-state index contributed by atoms with van der Waals surface area (Å²) < 4.78 is 0. The molecule has 0 radical (unpaired) electrons. The SMILES string of the molecule is CC1C=CC=C2C(CCN(CC3CC3)C(=O)c3nccnc3Cl)=CN=C21. The minimum Gasteiger partial charge on any atom is -0.337 e. The Kier molecular flexibility index (Phi) is 4.72. The lowest BCUT2D eigenvalue weighted by Crippen LogP contribution is -2.35. The molecule has 1 amide bonds. The average molecular weight is 369 g/mol. The molecule has 1 atom stereocenters. The predicted octanol–water partition coefficient (Wildman–Crippen LogP) is 3.84. The number of amides is 1. The van der Waals surface area contributed by atoms with E-state index >= 15 is 0 Å². The molecule has 1 fully saturated rings. The second-order valence-corrected chi connectivity index (χ2v) is 7.42. The maximum atomic E-state index is 12.9. The van der Waals surface area contributed by atoms with Crippen LogP contribution in [-0.2, 0) is 0 Å². The lowest BCUT2D eigenvalue weighted by Gasteiger charge is -2.23. The van der Waals surface area contributed by atoms with Crippen LogP contribution in [0.4, 0.5) is 0 Å². The number of halogens is 1. The summed E-state index contributed by atoms with van der Waals surface area (Å²) >= 11 is 6.08. The summed E-state index contributed by atoms with van der Waals surface area (Å²) in [6.07, 6.45) is 14.4. The van der Waals surface area contributed by atoms with Crippen LogP contribution in [0, 0.1) is 11.8 Å². The molecule has 26 heavy (non-hydrogen) atoms. The van der Waals surface area contributed by atoms with Gasteiger partial charge < -0.3 is 4.90 Å². The normalized spacial score (nSPS) is 21.0. The molecule has 1 aromatic heterocycles. The van der Waals surface area contributed by atoms with E-state index in [4.69, 9.17) is 11.6 Å². The summed E-state index contributed by atoms with van der Waals surface area (Å²) in [6.45, 7) is 3.53. The molecule has 4 rings (SSSR count). The summed E-state index contributed by atoms with van der Waals surface area (Å²) in [5.41, 5.74) is 3.76. The highest BCUT2D eigenvalue weighted by atomic mass is 35.5. The van der Waals surface area contributed by atoms with E-state index in [1.807, 2.05) is 11.1 Å². The first-order chi connectivity index (χ1) is 12.6. The molecule has 1 aliphatic heterocycles. The number of aliphatic imine (C=N–C) groups is 1. The van der Waals surface area contributed by atoms with Gasteiger partial charge in [-0.3, -0.25) is 9.79 Å². The van der Waals surface area contributed by atoms with E-state index in [2.05, 4.69) is 40.1 Å². The van der Waals surface area contributed by atoms with E-state index in [0.717, 1.165) is 18.7 Å². The summed E-state index contributed by atoms with van der Waals surface area (Å²) in [5.74, 6) is 0.794. The largest absolute Gasteiger partial charge is 0.337 e. The number of hydrogen-bond donors (Lipinski definition) is 0. The van der Waals surface area contributed by atoms with Gasteiger partial charge in [-0.25, -0.2) is 9.97 Å². The smallest absolute Gasteiger partial charge is 0.275 e. The van der Waals surface area contributed by atoms with Crippen LogP contribution < -0.4 is 0 Å². The van der Waals surface area contributed by atoms with E-state index < -0.39 is 0 Å². The van der Waals surface area contributed by atoms with Gasteiger partial charge >= 0.3 is 0 Å². The molecular formula is C20H21ClN4O. The maximum Gasteiger partial charge on any atom is 0.275 e. The third kappa shape index (κ3) is 3.49. The van der Waals surface area contributed by atoms with Crippen molar-refractivity contribution < 1.29 is 4.79 Å². The van der Waals surface area contributed by atoms with Crippen LogP contribution in [0.1, 0.15) is 36.7 Å². The molecule has 0 N–H and O–H groups in total. The molecule has 5 nitrogen and oxygen atoms in total. The molecule has 6 heteroatoms. The summed E-state index contributed by atoms with van der Waals surface area (Å²) in [6, 6.07) is 0. The molecule has 1 saturated carbocycles. The molecule has 2 aliphatic carbocycles. The van der Waals surface area contributed by atoms with Crippen molar-refractivity contribution in [2.24, 2.45) is 16.8 Å².